The maximum Gasteiger partial charge on any atom is 0.255 e. The monoisotopic (exact) mass is 323 g/mol. The standard InChI is InChI=1S/C14H11BrClNO/c1-9-2-3-10(15)8-13(9)14(18)17-12-6-4-11(16)5-7-12/h2-8H,1H3,(H,17,18). The Balaban J connectivity index is 2.21. The predicted molar refractivity (Wildman–Crippen MR) is 78.3 cm³/mol. The summed E-state index contributed by atoms with van der Waals surface area (Å²) in [6, 6.07) is 12.6. The molecule has 0 fully saturated rings. The second-order valence-corrected chi connectivity index (χ2v) is 5.27. The molecule has 0 atom stereocenters. The van der Waals surface area contributed by atoms with Crippen molar-refractivity contribution in [1.82, 2.24) is 0 Å². The summed E-state index contributed by atoms with van der Waals surface area (Å²) in [5.74, 6) is -0.129. The van der Waals surface area contributed by atoms with Gasteiger partial charge in [0.1, 0.15) is 0 Å². The van der Waals surface area contributed by atoms with Crippen LogP contribution < -0.4 is 5.32 Å². The maximum absolute atomic E-state index is 12.1. The molecule has 4 heteroatoms. The molecule has 0 saturated heterocycles. The number of carbonyl (C=O) groups excluding carboxylic acids is 1. The summed E-state index contributed by atoms with van der Waals surface area (Å²) in [6.45, 7) is 1.91. The Morgan fingerprint density at radius 1 is 1.17 bits per heavy atom. The number of carbonyl (C=O) groups is 1. The molecule has 0 radical (unpaired) electrons. The Labute approximate surface area is 119 Å². The van der Waals surface area contributed by atoms with E-state index in [-0.39, 0.29) is 5.91 Å². The van der Waals surface area contributed by atoms with Crippen LogP contribution in [0.4, 0.5) is 5.69 Å². The highest BCUT2D eigenvalue weighted by Crippen LogP contribution is 2.18. The van der Waals surface area contributed by atoms with Crippen molar-refractivity contribution in [1.29, 1.82) is 0 Å². The van der Waals surface area contributed by atoms with Gasteiger partial charge < -0.3 is 5.32 Å². The van der Waals surface area contributed by atoms with Crippen LogP contribution in [0.5, 0.6) is 0 Å². The van der Waals surface area contributed by atoms with Crippen molar-refractivity contribution in [2.24, 2.45) is 0 Å². The summed E-state index contributed by atoms with van der Waals surface area (Å²) in [5.41, 5.74) is 2.31. The second-order valence-electron chi connectivity index (χ2n) is 3.92. The number of aryl methyl sites for hydroxylation is 1. The van der Waals surface area contributed by atoms with E-state index in [0.29, 0.717) is 10.6 Å². The number of amides is 1. The van der Waals surface area contributed by atoms with Crippen LogP contribution in [0.15, 0.2) is 46.9 Å². The van der Waals surface area contributed by atoms with Gasteiger partial charge in [0.25, 0.3) is 5.91 Å². The van der Waals surface area contributed by atoms with E-state index in [1.54, 1.807) is 30.3 Å². The number of anilines is 1. The van der Waals surface area contributed by atoms with Gasteiger partial charge in [0.2, 0.25) is 0 Å². The Bertz CT molecular complexity index is 581. The van der Waals surface area contributed by atoms with Gasteiger partial charge in [-0.3, -0.25) is 4.79 Å². The predicted octanol–water partition coefficient (Wildman–Crippen LogP) is 4.66. The molecule has 1 amide bonds. The van der Waals surface area contributed by atoms with Gasteiger partial charge in [-0.2, -0.15) is 0 Å². The van der Waals surface area contributed by atoms with E-state index in [1.807, 2.05) is 19.1 Å². The average Bonchev–Trinajstić information content (AvgIpc) is 2.35. The minimum atomic E-state index is -0.129. The maximum atomic E-state index is 12.1. The molecule has 2 aromatic rings. The molecular weight excluding hydrogens is 314 g/mol. The van der Waals surface area contributed by atoms with Gasteiger partial charge in [0, 0.05) is 20.7 Å². The molecule has 0 saturated carbocycles. The Morgan fingerprint density at radius 2 is 1.83 bits per heavy atom. The molecule has 0 spiro atoms. The highest BCUT2D eigenvalue weighted by Gasteiger charge is 2.09. The molecular formula is C14H11BrClNO. The van der Waals surface area contributed by atoms with Gasteiger partial charge >= 0.3 is 0 Å². The summed E-state index contributed by atoms with van der Waals surface area (Å²) >= 11 is 9.15. The van der Waals surface area contributed by atoms with E-state index >= 15 is 0 Å². The van der Waals surface area contributed by atoms with Crippen LogP contribution in [0, 0.1) is 6.92 Å². The Morgan fingerprint density at radius 3 is 2.50 bits per heavy atom. The SMILES string of the molecule is Cc1ccc(Br)cc1C(=O)Nc1ccc(Cl)cc1. The van der Waals surface area contributed by atoms with E-state index in [9.17, 15) is 4.79 Å². The first-order valence-electron chi connectivity index (χ1n) is 5.39. The number of nitrogens with one attached hydrogen (secondary N) is 1. The third-order valence-corrected chi connectivity index (χ3v) is 3.29. The van der Waals surface area contributed by atoms with Crippen molar-refractivity contribution in [3.05, 3.63) is 63.1 Å². The van der Waals surface area contributed by atoms with Crippen LogP contribution in [-0.4, -0.2) is 5.91 Å². The smallest absolute Gasteiger partial charge is 0.255 e. The minimum absolute atomic E-state index is 0.129. The number of hydrogen-bond acceptors (Lipinski definition) is 1. The van der Waals surface area contributed by atoms with E-state index in [4.69, 9.17) is 11.6 Å². The lowest BCUT2D eigenvalue weighted by Crippen LogP contribution is -2.13. The van der Waals surface area contributed by atoms with Crippen LogP contribution in [0.2, 0.25) is 5.02 Å². The molecule has 0 aromatic heterocycles. The van der Waals surface area contributed by atoms with Gasteiger partial charge in [-0.15, -0.1) is 0 Å². The number of benzene rings is 2. The zero-order valence-electron chi connectivity index (χ0n) is 9.71. The third kappa shape index (κ3) is 3.12. The van der Waals surface area contributed by atoms with Crippen molar-refractivity contribution >= 4 is 39.1 Å². The molecule has 0 unspecified atom stereocenters. The first kappa shape index (κ1) is 13.1. The largest absolute Gasteiger partial charge is 0.322 e. The first-order chi connectivity index (χ1) is 8.56. The van der Waals surface area contributed by atoms with Crippen LogP contribution >= 0.6 is 27.5 Å². The highest BCUT2D eigenvalue weighted by molar-refractivity contribution is 9.10. The molecule has 2 nitrogen and oxygen atoms in total. The van der Waals surface area contributed by atoms with E-state index in [2.05, 4.69) is 21.2 Å². The quantitative estimate of drug-likeness (QED) is 0.855. The summed E-state index contributed by atoms with van der Waals surface area (Å²) in [4.78, 5) is 12.1. The number of rotatable bonds is 2. The number of halogens is 2. The Hall–Kier alpha value is -1.32. The molecule has 92 valence electrons. The van der Waals surface area contributed by atoms with Crippen LogP contribution in [0.3, 0.4) is 0 Å². The topological polar surface area (TPSA) is 29.1 Å². The lowest BCUT2D eigenvalue weighted by Gasteiger charge is -2.08. The lowest BCUT2D eigenvalue weighted by atomic mass is 10.1. The van der Waals surface area contributed by atoms with E-state index < -0.39 is 0 Å². The molecule has 0 heterocycles. The average molecular weight is 325 g/mol. The molecule has 0 bridgehead atoms. The zero-order valence-corrected chi connectivity index (χ0v) is 12.0. The number of hydrogen-bond donors (Lipinski definition) is 1. The summed E-state index contributed by atoms with van der Waals surface area (Å²) in [7, 11) is 0. The summed E-state index contributed by atoms with van der Waals surface area (Å²) in [5, 5.41) is 3.48. The molecule has 18 heavy (non-hydrogen) atoms. The zero-order chi connectivity index (χ0) is 13.1. The molecule has 2 aromatic carbocycles. The van der Waals surface area contributed by atoms with Gasteiger partial charge in [-0.05, 0) is 48.9 Å². The molecule has 0 aliphatic heterocycles. The second kappa shape index (κ2) is 5.55. The lowest BCUT2D eigenvalue weighted by molar-refractivity contribution is 0.102. The fourth-order valence-electron chi connectivity index (χ4n) is 1.57. The van der Waals surface area contributed by atoms with Crippen molar-refractivity contribution in [2.75, 3.05) is 5.32 Å². The molecule has 2 rings (SSSR count). The van der Waals surface area contributed by atoms with Gasteiger partial charge in [-0.1, -0.05) is 33.6 Å². The fourth-order valence-corrected chi connectivity index (χ4v) is 2.06. The van der Waals surface area contributed by atoms with Gasteiger partial charge in [-0.25, -0.2) is 0 Å². The molecule has 0 aliphatic carbocycles. The Kier molecular flexibility index (Phi) is 4.04. The highest BCUT2D eigenvalue weighted by atomic mass is 79.9. The van der Waals surface area contributed by atoms with Crippen molar-refractivity contribution < 1.29 is 4.79 Å². The summed E-state index contributed by atoms with van der Waals surface area (Å²) < 4.78 is 0.884. The van der Waals surface area contributed by atoms with Crippen LogP contribution in [0.1, 0.15) is 15.9 Å². The molecule has 0 aliphatic rings. The van der Waals surface area contributed by atoms with Crippen LogP contribution in [0.25, 0.3) is 0 Å². The third-order valence-electron chi connectivity index (χ3n) is 2.55. The van der Waals surface area contributed by atoms with Crippen molar-refractivity contribution in [3.8, 4) is 0 Å². The normalized spacial score (nSPS) is 10.2. The van der Waals surface area contributed by atoms with E-state index in [1.165, 1.54) is 0 Å². The van der Waals surface area contributed by atoms with Gasteiger partial charge in [0.15, 0.2) is 0 Å². The van der Waals surface area contributed by atoms with Crippen molar-refractivity contribution in [3.63, 3.8) is 0 Å². The van der Waals surface area contributed by atoms with Crippen LogP contribution in [-0.2, 0) is 0 Å². The fraction of sp³-hybridized carbons (Fsp3) is 0.0714. The van der Waals surface area contributed by atoms with Gasteiger partial charge in [0.05, 0.1) is 0 Å². The molecule has 1 N–H and O–H groups in total. The first-order valence-corrected chi connectivity index (χ1v) is 6.56. The van der Waals surface area contributed by atoms with E-state index in [0.717, 1.165) is 15.7 Å². The minimum Gasteiger partial charge on any atom is -0.322 e. The summed E-state index contributed by atoms with van der Waals surface area (Å²) in [6.07, 6.45) is 0. The van der Waals surface area contributed by atoms with Crippen molar-refractivity contribution in [2.45, 2.75) is 6.92 Å².